The first-order valence-corrected chi connectivity index (χ1v) is 16.8. The van der Waals surface area contributed by atoms with Crippen LogP contribution in [0.4, 0.5) is 0 Å². The van der Waals surface area contributed by atoms with Crippen LogP contribution < -0.4 is 0 Å². The highest BCUT2D eigenvalue weighted by molar-refractivity contribution is 7.89. The van der Waals surface area contributed by atoms with Gasteiger partial charge in [-0.3, -0.25) is 0 Å². The Labute approximate surface area is 259 Å². The number of fused-ring (bicyclic) bond motifs is 6. The molecule has 4 nitrogen and oxygen atoms in total. The predicted octanol–water partition coefficient (Wildman–Crippen LogP) is 9.86. The van der Waals surface area contributed by atoms with Crippen molar-refractivity contribution in [3.63, 3.8) is 0 Å². The maximum absolute atomic E-state index is 13.9. The molecule has 5 aromatic carbocycles. The fourth-order valence-corrected chi connectivity index (χ4v) is 8.11. The smallest absolute Gasteiger partial charge is 0.243 e. The average molecular weight is 599 g/mol. The molecule has 5 heteroatoms. The van der Waals surface area contributed by atoms with Gasteiger partial charge in [0, 0.05) is 27.2 Å². The van der Waals surface area contributed by atoms with Gasteiger partial charge in [0.1, 0.15) is 0 Å². The SMILES string of the molecule is CC(C)(C)c1ccc2c(c1)c1cc(C(C)(C)C)ccc1n2-c1ccc2c(c1)c1ccccc1n2S(=O)(=O)Cc1ccccc1. The van der Waals surface area contributed by atoms with Crippen molar-refractivity contribution in [2.75, 3.05) is 0 Å². The summed E-state index contributed by atoms with van der Waals surface area (Å²) in [7, 11) is -3.69. The lowest BCUT2D eigenvalue weighted by molar-refractivity contribution is 0.589. The number of para-hydroxylation sites is 1. The minimum atomic E-state index is -3.69. The lowest BCUT2D eigenvalue weighted by Crippen LogP contribution is -2.14. The number of aromatic nitrogens is 2. The number of rotatable bonds is 4. The highest BCUT2D eigenvalue weighted by atomic mass is 32.2. The summed E-state index contributed by atoms with van der Waals surface area (Å²) in [4.78, 5) is 0. The minimum Gasteiger partial charge on any atom is -0.309 e. The van der Waals surface area contributed by atoms with Crippen LogP contribution in [0.1, 0.15) is 58.2 Å². The van der Waals surface area contributed by atoms with Crippen LogP contribution in [0, 0.1) is 0 Å². The van der Waals surface area contributed by atoms with Crippen molar-refractivity contribution in [3.8, 4) is 5.69 Å². The molecule has 2 aromatic heterocycles. The third-order valence-electron chi connectivity index (χ3n) is 8.84. The molecule has 0 N–H and O–H groups in total. The fraction of sp³-hybridized carbons (Fsp3) is 0.231. The topological polar surface area (TPSA) is 44.0 Å². The number of nitrogens with zero attached hydrogens (tertiary/aromatic N) is 2. The molecule has 0 fully saturated rings. The Hall–Kier alpha value is -4.35. The van der Waals surface area contributed by atoms with Gasteiger partial charge in [0.15, 0.2) is 0 Å². The van der Waals surface area contributed by atoms with Gasteiger partial charge in [-0.25, -0.2) is 12.4 Å². The van der Waals surface area contributed by atoms with Gasteiger partial charge in [-0.15, -0.1) is 0 Å². The van der Waals surface area contributed by atoms with Crippen LogP contribution in [0.25, 0.3) is 49.3 Å². The van der Waals surface area contributed by atoms with Crippen molar-refractivity contribution < 1.29 is 8.42 Å². The molecule has 0 radical (unpaired) electrons. The van der Waals surface area contributed by atoms with Gasteiger partial charge in [0.05, 0.1) is 27.8 Å². The van der Waals surface area contributed by atoms with E-state index in [0.717, 1.165) is 33.1 Å². The van der Waals surface area contributed by atoms with E-state index < -0.39 is 10.0 Å². The molecule has 0 spiro atoms. The van der Waals surface area contributed by atoms with Crippen LogP contribution in [-0.2, 0) is 26.6 Å². The van der Waals surface area contributed by atoms with Crippen LogP contribution >= 0.6 is 0 Å². The molecule has 7 aromatic rings. The highest BCUT2D eigenvalue weighted by Gasteiger charge is 2.24. The Morgan fingerprint density at radius 2 is 1.02 bits per heavy atom. The largest absolute Gasteiger partial charge is 0.309 e. The monoisotopic (exact) mass is 598 g/mol. The van der Waals surface area contributed by atoms with E-state index in [0.29, 0.717) is 11.0 Å². The summed E-state index contributed by atoms with van der Waals surface area (Å²) in [5.74, 6) is -0.0670. The van der Waals surface area contributed by atoms with Crippen molar-refractivity contribution in [2.24, 2.45) is 0 Å². The molecule has 0 aliphatic carbocycles. The molecule has 0 bridgehead atoms. The van der Waals surface area contributed by atoms with Gasteiger partial charge in [-0.05, 0) is 76.1 Å². The molecule has 0 aliphatic rings. The van der Waals surface area contributed by atoms with Gasteiger partial charge >= 0.3 is 0 Å². The van der Waals surface area contributed by atoms with Gasteiger partial charge in [0.2, 0.25) is 10.0 Å². The minimum absolute atomic E-state index is 0.0240. The van der Waals surface area contributed by atoms with E-state index in [9.17, 15) is 8.42 Å². The first-order chi connectivity index (χ1) is 20.8. The maximum Gasteiger partial charge on any atom is 0.243 e. The van der Waals surface area contributed by atoms with Gasteiger partial charge in [-0.1, -0.05) is 102 Å². The van der Waals surface area contributed by atoms with Crippen LogP contribution in [0.2, 0.25) is 0 Å². The molecule has 222 valence electrons. The summed E-state index contributed by atoms with van der Waals surface area (Å²) >= 11 is 0. The quantitative estimate of drug-likeness (QED) is 0.202. The molecule has 0 unspecified atom stereocenters. The number of benzene rings is 5. The zero-order valence-electron chi connectivity index (χ0n) is 26.2. The predicted molar refractivity (Wildman–Crippen MR) is 186 cm³/mol. The Kier molecular flexibility index (Phi) is 6.35. The molecule has 44 heavy (non-hydrogen) atoms. The van der Waals surface area contributed by atoms with E-state index in [1.54, 1.807) is 0 Å². The summed E-state index contributed by atoms with van der Waals surface area (Å²) in [6, 6.07) is 37.0. The third-order valence-corrected chi connectivity index (χ3v) is 10.5. The molecule has 7 rings (SSSR count). The number of hydrogen-bond acceptors (Lipinski definition) is 2. The fourth-order valence-electron chi connectivity index (χ4n) is 6.45. The van der Waals surface area contributed by atoms with Crippen molar-refractivity contribution in [2.45, 2.75) is 58.1 Å². The molecule has 0 amide bonds. The van der Waals surface area contributed by atoms with E-state index in [4.69, 9.17) is 0 Å². The Morgan fingerprint density at radius 3 is 1.61 bits per heavy atom. The molecule has 0 atom stereocenters. The third kappa shape index (κ3) is 4.62. The van der Waals surface area contributed by atoms with E-state index in [-0.39, 0.29) is 16.6 Å². The summed E-state index contributed by atoms with van der Waals surface area (Å²) in [6.45, 7) is 13.5. The second-order valence-electron chi connectivity index (χ2n) is 14.0. The molecule has 0 saturated heterocycles. The van der Waals surface area contributed by atoms with E-state index in [1.807, 2.05) is 60.7 Å². The van der Waals surface area contributed by atoms with Gasteiger partial charge in [-0.2, -0.15) is 0 Å². The lowest BCUT2D eigenvalue weighted by atomic mass is 9.85. The van der Waals surface area contributed by atoms with E-state index in [2.05, 4.69) is 94.6 Å². The first kappa shape index (κ1) is 28.4. The number of hydrogen-bond donors (Lipinski definition) is 0. The van der Waals surface area contributed by atoms with E-state index >= 15 is 0 Å². The van der Waals surface area contributed by atoms with Crippen LogP contribution in [0.15, 0.2) is 109 Å². The summed E-state index contributed by atoms with van der Waals surface area (Å²) in [5, 5.41) is 4.30. The highest BCUT2D eigenvalue weighted by Crippen LogP contribution is 2.39. The summed E-state index contributed by atoms with van der Waals surface area (Å²) < 4.78 is 31.7. The normalized spacial score (nSPS) is 13.0. The van der Waals surface area contributed by atoms with E-state index in [1.165, 1.54) is 25.9 Å². The maximum atomic E-state index is 13.9. The van der Waals surface area contributed by atoms with Crippen LogP contribution in [0.3, 0.4) is 0 Å². The Balaban J connectivity index is 1.50. The summed E-state index contributed by atoms with van der Waals surface area (Å²) in [5.41, 5.74) is 8.08. The lowest BCUT2D eigenvalue weighted by Gasteiger charge is -2.19. The molecule has 2 heterocycles. The molecular formula is C39H38N2O2S. The molecule has 0 saturated carbocycles. The second kappa shape index (κ2) is 9.83. The zero-order valence-corrected chi connectivity index (χ0v) is 27.0. The first-order valence-electron chi connectivity index (χ1n) is 15.2. The standard InChI is InChI=1S/C39H38N2O2S/c1-38(2,3)27-16-19-34-31(22-27)32-23-28(39(4,5)6)17-20-35(32)40(34)29-18-21-37-33(24-29)30-14-10-11-15-36(30)41(37)44(42,43)25-26-12-8-7-9-13-26/h7-24H,25H2,1-6H3. The van der Waals surface area contributed by atoms with Gasteiger partial charge < -0.3 is 4.57 Å². The molecule has 0 aliphatic heterocycles. The van der Waals surface area contributed by atoms with Crippen molar-refractivity contribution >= 4 is 53.6 Å². The Bertz CT molecular complexity index is 2260. The average Bonchev–Trinajstić information content (AvgIpc) is 3.49. The molecular weight excluding hydrogens is 561 g/mol. The van der Waals surface area contributed by atoms with Gasteiger partial charge in [0.25, 0.3) is 0 Å². The second-order valence-corrected chi connectivity index (χ2v) is 15.8. The summed E-state index contributed by atoms with van der Waals surface area (Å²) in [6.07, 6.45) is 0. The van der Waals surface area contributed by atoms with Crippen molar-refractivity contribution in [1.29, 1.82) is 0 Å². The Morgan fingerprint density at radius 1 is 0.523 bits per heavy atom. The van der Waals surface area contributed by atoms with Crippen molar-refractivity contribution in [3.05, 3.63) is 126 Å². The zero-order chi connectivity index (χ0) is 31.0. The van der Waals surface area contributed by atoms with Crippen molar-refractivity contribution in [1.82, 2.24) is 8.54 Å². The van der Waals surface area contributed by atoms with Crippen LogP contribution in [-0.4, -0.2) is 17.0 Å². The van der Waals surface area contributed by atoms with Crippen LogP contribution in [0.5, 0.6) is 0 Å².